The van der Waals surface area contributed by atoms with Crippen LogP contribution in [0.2, 0.25) is 4.87 Å². The van der Waals surface area contributed by atoms with Crippen LogP contribution in [0.3, 0.4) is 0 Å². The number of benzene rings is 1. The number of anilines is 2. The van der Waals surface area contributed by atoms with Gasteiger partial charge < -0.3 is 0 Å². The number of hydrogen-bond donors (Lipinski definition) is 3. The number of nitrogens with zero attached hydrogens (tertiary/aromatic N) is 2. The fourth-order valence-corrected chi connectivity index (χ4v) is 8.52. The number of hydrogen-bond acceptors (Lipinski definition) is 4. The van der Waals surface area contributed by atoms with Crippen molar-refractivity contribution in [2.75, 3.05) is 5.32 Å². The summed E-state index contributed by atoms with van der Waals surface area (Å²) in [4.78, 5) is 6.94. The van der Waals surface area contributed by atoms with Crippen molar-refractivity contribution < 1.29 is 4.39 Å². The monoisotopic (exact) mass is 515 g/mol. The Morgan fingerprint density at radius 2 is 2.20 bits per heavy atom. The van der Waals surface area contributed by atoms with Crippen molar-refractivity contribution in [3.8, 4) is 0 Å². The van der Waals surface area contributed by atoms with Crippen LogP contribution in [0, 0.1) is 11.7 Å². The molecule has 1 aliphatic heterocycles. The average molecular weight is 516 g/mol. The molecule has 7 heteroatoms. The van der Waals surface area contributed by atoms with E-state index < -0.39 is 20.5 Å². The maximum absolute atomic E-state index is 14.9. The van der Waals surface area contributed by atoms with Gasteiger partial charge >= 0.3 is 142 Å². The van der Waals surface area contributed by atoms with Crippen LogP contribution >= 0.6 is 0 Å². The van der Waals surface area contributed by atoms with Gasteiger partial charge in [-0.25, -0.2) is 0 Å². The number of nitrogens with one attached hydrogen (secondary N) is 3. The van der Waals surface area contributed by atoms with Gasteiger partial charge in [0.15, 0.2) is 0 Å². The third kappa shape index (κ3) is 4.40. The van der Waals surface area contributed by atoms with E-state index >= 15 is 0 Å². The summed E-state index contributed by atoms with van der Waals surface area (Å²) < 4.78 is 19.6. The first-order chi connectivity index (χ1) is 14.5. The van der Waals surface area contributed by atoms with Gasteiger partial charge in [-0.3, -0.25) is 4.99 Å². The number of fused-ring (bicyclic) bond motifs is 1. The molecule has 0 bridgehead atoms. The van der Waals surface area contributed by atoms with Crippen LogP contribution in [0.1, 0.15) is 50.3 Å². The van der Waals surface area contributed by atoms with E-state index in [0.717, 1.165) is 41.9 Å². The molecular formula is C23H29FN5Sb. The molecule has 0 radical (unpaired) electrons. The first-order valence-corrected chi connectivity index (χ1v) is 15.5. The zero-order valence-corrected chi connectivity index (χ0v) is 20.3. The summed E-state index contributed by atoms with van der Waals surface area (Å²) in [6, 6.07) is 5.94. The Morgan fingerprint density at radius 3 is 2.97 bits per heavy atom. The van der Waals surface area contributed by atoms with E-state index in [1.165, 1.54) is 3.51 Å². The van der Waals surface area contributed by atoms with Gasteiger partial charge in [0.1, 0.15) is 0 Å². The summed E-state index contributed by atoms with van der Waals surface area (Å²) in [6.07, 6.45) is 7.05. The Labute approximate surface area is 185 Å². The Hall–Kier alpha value is -1.91. The number of allylic oxidation sites excluding steroid dienone is 3. The van der Waals surface area contributed by atoms with Crippen LogP contribution in [0.4, 0.5) is 15.9 Å². The van der Waals surface area contributed by atoms with Crippen LogP contribution < -0.4 is 12.3 Å². The molecular weight excluding hydrogens is 487 g/mol. The molecule has 158 valence electrons. The van der Waals surface area contributed by atoms with Gasteiger partial charge in [-0.15, -0.1) is 0 Å². The SMILES string of the molecule is C=C/C=C(\N=C(C)C)C1CCC(c2cc(Nc3cc[c]4c(c3F)C[NH][Sb]4[CH3])n[nH]2)C1. The fraction of sp³-hybridized carbons (Fsp3) is 0.391. The average Bonchev–Trinajstić information content (AvgIpc) is 3.44. The van der Waals surface area contributed by atoms with E-state index in [-0.39, 0.29) is 5.82 Å². The minimum absolute atomic E-state index is 0.147. The number of halogens is 1. The Kier molecular flexibility index (Phi) is 6.45. The van der Waals surface area contributed by atoms with Crippen LogP contribution in [0.15, 0.2) is 47.6 Å². The van der Waals surface area contributed by atoms with Crippen LogP contribution in [-0.2, 0) is 6.54 Å². The van der Waals surface area contributed by atoms with Gasteiger partial charge in [-0.05, 0) is 19.9 Å². The molecule has 2 aliphatic rings. The summed E-state index contributed by atoms with van der Waals surface area (Å²) in [5.74, 6) is 1.35. The van der Waals surface area contributed by atoms with Gasteiger partial charge in [0.05, 0.1) is 0 Å². The molecule has 1 saturated carbocycles. The number of aromatic nitrogens is 2. The normalized spacial score (nSPS) is 21.5. The molecule has 3 N–H and O–H groups in total. The van der Waals surface area contributed by atoms with Crippen molar-refractivity contribution >= 4 is 41.2 Å². The van der Waals surface area contributed by atoms with Gasteiger partial charge in [-0.2, -0.15) is 0 Å². The molecule has 2 heterocycles. The predicted molar refractivity (Wildman–Crippen MR) is 124 cm³/mol. The van der Waals surface area contributed by atoms with Crippen molar-refractivity contribution in [1.82, 2.24) is 13.7 Å². The molecule has 5 nitrogen and oxygen atoms in total. The summed E-state index contributed by atoms with van der Waals surface area (Å²) in [6.45, 7) is 8.52. The van der Waals surface area contributed by atoms with Gasteiger partial charge in [-0.1, -0.05) is 12.7 Å². The second kappa shape index (κ2) is 9.07. The predicted octanol–water partition coefficient (Wildman–Crippen LogP) is 4.66. The van der Waals surface area contributed by atoms with Crippen molar-refractivity contribution in [3.05, 3.63) is 59.7 Å². The molecule has 0 saturated heterocycles. The van der Waals surface area contributed by atoms with Gasteiger partial charge in [0, 0.05) is 5.71 Å². The van der Waals surface area contributed by atoms with Crippen LogP contribution in [0.25, 0.3) is 0 Å². The van der Waals surface area contributed by atoms with Crippen molar-refractivity contribution in [1.29, 1.82) is 0 Å². The van der Waals surface area contributed by atoms with E-state index in [0.29, 0.717) is 29.9 Å². The van der Waals surface area contributed by atoms with E-state index in [2.05, 4.69) is 36.5 Å². The van der Waals surface area contributed by atoms with E-state index in [1.807, 2.05) is 38.1 Å². The summed E-state index contributed by atoms with van der Waals surface area (Å²) in [7, 11) is 0. The van der Waals surface area contributed by atoms with E-state index in [4.69, 9.17) is 4.99 Å². The minimum atomic E-state index is -1.62. The molecule has 1 aromatic carbocycles. The third-order valence-corrected chi connectivity index (χ3v) is 10.9. The number of rotatable bonds is 6. The zero-order valence-electron chi connectivity index (χ0n) is 17.8. The Bertz CT molecular complexity index is 1010. The second-order valence-corrected chi connectivity index (χ2v) is 13.7. The Balaban J connectivity index is 1.46. The third-order valence-electron chi connectivity index (χ3n) is 5.87. The molecule has 2 aromatic rings. The van der Waals surface area contributed by atoms with Crippen LogP contribution in [-0.4, -0.2) is 36.4 Å². The first-order valence-electron chi connectivity index (χ1n) is 10.4. The number of H-pyrrole nitrogens is 1. The number of aliphatic imine (C=N–C) groups is 1. The van der Waals surface area contributed by atoms with Crippen molar-refractivity contribution in [3.63, 3.8) is 0 Å². The van der Waals surface area contributed by atoms with E-state index in [9.17, 15) is 4.39 Å². The molecule has 1 aliphatic carbocycles. The molecule has 2 atom stereocenters. The van der Waals surface area contributed by atoms with Crippen LogP contribution in [0.5, 0.6) is 0 Å². The second-order valence-electron chi connectivity index (χ2n) is 8.25. The fourth-order valence-electron chi connectivity index (χ4n) is 4.40. The first kappa shape index (κ1) is 21.3. The van der Waals surface area contributed by atoms with Crippen molar-refractivity contribution in [2.24, 2.45) is 10.9 Å². The summed E-state index contributed by atoms with van der Waals surface area (Å²) >= 11 is -1.62. The molecule has 30 heavy (non-hydrogen) atoms. The zero-order chi connectivity index (χ0) is 21.3. The molecule has 1 aromatic heterocycles. The quantitative estimate of drug-likeness (QED) is 0.298. The maximum atomic E-state index is 14.9. The standard InChI is InChI=1S/C22H26FN5.CH3.Sb/c1-4-6-18(25-14(2)3)15-9-10-16(11-15)20-12-21(28-27-20)26-19-8-5-7-17(13-24)22(19)23;;/h4-6,8,12,15-16,24H,1,9-11,13H2,2-3H3,(H2,26,27,28);1H3;/q-1;;+1/b18-6-;;. The molecule has 4 rings (SSSR count). The topological polar surface area (TPSA) is 65.1 Å². The Morgan fingerprint density at radius 1 is 1.37 bits per heavy atom. The van der Waals surface area contributed by atoms with Crippen molar-refractivity contribution in [2.45, 2.75) is 50.4 Å². The summed E-state index contributed by atoms with van der Waals surface area (Å²) in [5, 5.41) is 10.7. The van der Waals surface area contributed by atoms with Gasteiger partial charge in [0.25, 0.3) is 0 Å². The molecule has 0 spiro atoms. The van der Waals surface area contributed by atoms with E-state index in [1.54, 1.807) is 0 Å². The van der Waals surface area contributed by atoms with Gasteiger partial charge in [0.2, 0.25) is 0 Å². The summed E-state index contributed by atoms with van der Waals surface area (Å²) in [5.41, 5.74) is 4.59. The number of aromatic amines is 1. The molecule has 0 amide bonds. The molecule has 2 unspecified atom stereocenters. The molecule has 1 fully saturated rings.